The van der Waals surface area contributed by atoms with Gasteiger partial charge >= 0.3 is 5.97 Å². The van der Waals surface area contributed by atoms with E-state index in [-0.39, 0.29) is 11.5 Å². The number of carbonyl (C=O) groups excluding carboxylic acids is 1. The monoisotopic (exact) mass is 274 g/mol. The highest BCUT2D eigenvalue weighted by Crippen LogP contribution is 2.40. The Hall–Kier alpha value is -2.04. The van der Waals surface area contributed by atoms with Crippen LogP contribution in [0.3, 0.4) is 0 Å². The second-order valence-corrected chi connectivity index (χ2v) is 5.91. The molecule has 5 heteroatoms. The van der Waals surface area contributed by atoms with E-state index >= 15 is 0 Å². The third-order valence-electron chi connectivity index (χ3n) is 4.45. The Balaban J connectivity index is 1.94. The summed E-state index contributed by atoms with van der Waals surface area (Å²) in [7, 11) is 0. The van der Waals surface area contributed by atoms with Crippen molar-refractivity contribution < 1.29 is 14.7 Å². The Morgan fingerprint density at radius 2 is 2.00 bits per heavy atom. The molecule has 1 aromatic rings. The van der Waals surface area contributed by atoms with Crippen LogP contribution in [0.5, 0.6) is 0 Å². The Labute approximate surface area is 117 Å². The van der Waals surface area contributed by atoms with Crippen molar-refractivity contribution in [2.45, 2.75) is 38.1 Å². The van der Waals surface area contributed by atoms with Gasteiger partial charge in [0, 0.05) is 0 Å². The van der Waals surface area contributed by atoms with Gasteiger partial charge in [-0.05, 0) is 49.8 Å². The fraction of sp³-hybridized carbons (Fsp3) is 0.467. The summed E-state index contributed by atoms with van der Waals surface area (Å²) in [6.45, 7) is 2.20. The number of hydrogen-bond donors (Lipinski definition) is 3. The van der Waals surface area contributed by atoms with E-state index in [9.17, 15) is 9.59 Å². The molecule has 106 valence electrons. The first kappa shape index (κ1) is 13.0. The van der Waals surface area contributed by atoms with Gasteiger partial charge in [-0.25, -0.2) is 4.79 Å². The summed E-state index contributed by atoms with van der Waals surface area (Å²) in [5.41, 5.74) is 1.02. The van der Waals surface area contributed by atoms with Gasteiger partial charge in [0.05, 0.1) is 16.9 Å². The van der Waals surface area contributed by atoms with Crippen LogP contribution in [0.2, 0.25) is 0 Å². The highest BCUT2D eigenvalue weighted by atomic mass is 16.4. The van der Waals surface area contributed by atoms with E-state index in [1.165, 1.54) is 6.07 Å². The number of amides is 1. The molecule has 3 N–H and O–H groups in total. The van der Waals surface area contributed by atoms with E-state index in [0.29, 0.717) is 17.3 Å². The second kappa shape index (κ2) is 4.51. The highest BCUT2D eigenvalue weighted by molar-refractivity contribution is 6.07. The van der Waals surface area contributed by atoms with Crippen molar-refractivity contribution in [3.05, 3.63) is 23.8 Å². The summed E-state index contributed by atoms with van der Waals surface area (Å²) in [5, 5.41) is 15.3. The predicted octanol–water partition coefficient (Wildman–Crippen LogP) is 2.70. The van der Waals surface area contributed by atoms with Crippen LogP contribution in [0.4, 0.5) is 11.4 Å². The second-order valence-electron chi connectivity index (χ2n) is 5.91. The number of carbonyl (C=O) groups is 2. The van der Waals surface area contributed by atoms with E-state index in [1.54, 1.807) is 12.1 Å². The Morgan fingerprint density at radius 1 is 1.30 bits per heavy atom. The van der Waals surface area contributed by atoms with Crippen molar-refractivity contribution >= 4 is 23.3 Å². The van der Waals surface area contributed by atoms with Crippen LogP contribution < -0.4 is 10.6 Å². The van der Waals surface area contributed by atoms with E-state index in [4.69, 9.17) is 5.11 Å². The lowest BCUT2D eigenvalue weighted by molar-refractivity contribution is -0.121. The Morgan fingerprint density at radius 3 is 2.65 bits per heavy atom. The molecule has 1 fully saturated rings. The number of nitrogens with one attached hydrogen (secondary N) is 2. The van der Waals surface area contributed by atoms with E-state index in [0.717, 1.165) is 25.7 Å². The molecule has 1 aromatic carbocycles. The average molecular weight is 274 g/mol. The maximum absolute atomic E-state index is 12.4. The van der Waals surface area contributed by atoms with Gasteiger partial charge in [0.1, 0.15) is 5.54 Å². The van der Waals surface area contributed by atoms with Crippen LogP contribution in [0.1, 0.15) is 43.0 Å². The lowest BCUT2D eigenvalue weighted by atomic mass is 9.75. The number of aromatic carboxylic acids is 1. The van der Waals surface area contributed by atoms with Gasteiger partial charge in [-0.15, -0.1) is 0 Å². The zero-order valence-electron chi connectivity index (χ0n) is 11.4. The molecule has 2 aliphatic rings. The third-order valence-corrected chi connectivity index (χ3v) is 4.45. The molecular weight excluding hydrogens is 256 g/mol. The van der Waals surface area contributed by atoms with E-state index in [1.807, 2.05) is 0 Å². The van der Waals surface area contributed by atoms with Gasteiger partial charge in [-0.2, -0.15) is 0 Å². The van der Waals surface area contributed by atoms with Gasteiger partial charge in [0.25, 0.3) is 0 Å². The van der Waals surface area contributed by atoms with Crippen molar-refractivity contribution in [3.8, 4) is 0 Å². The van der Waals surface area contributed by atoms with Crippen LogP contribution in [0.25, 0.3) is 0 Å². The molecule has 0 aromatic heterocycles. The SMILES string of the molecule is CC1CCC2(CC1)Nc1cc(C(=O)O)ccc1NC2=O. The summed E-state index contributed by atoms with van der Waals surface area (Å²) in [5.74, 6) is -0.320. The van der Waals surface area contributed by atoms with Crippen LogP contribution in [0.15, 0.2) is 18.2 Å². The predicted molar refractivity (Wildman–Crippen MR) is 76.0 cm³/mol. The highest BCUT2D eigenvalue weighted by Gasteiger charge is 2.44. The van der Waals surface area contributed by atoms with Crippen molar-refractivity contribution in [2.24, 2.45) is 5.92 Å². The first-order valence-corrected chi connectivity index (χ1v) is 6.97. The molecule has 20 heavy (non-hydrogen) atoms. The minimum absolute atomic E-state index is 0.0000231. The molecule has 5 nitrogen and oxygen atoms in total. The summed E-state index contributed by atoms with van der Waals surface area (Å²) in [4.78, 5) is 23.4. The first-order chi connectivity index (χ1) is 9.50. The van der Waals surface area contributed by atoms with E-state index < -0.39 is 11.5 Å². The molecule has 1 amide bonds. The lowest BCUT2D eigenvalue weighted by Gasteiger charge is -2.42. The zero-order valence-corrected chi connectivity index (χ0v) is 11.4. The average Bonchev–Trinajstić information content (AvgIpc) is 2.42. The number of anilines is 2. The largest absolute Gasteiger partial charge is 0.478 e. The minimum Gasteiger partial charge on any atom is -0.478 e. The van der Waals surface area contributed by atoms with Gasteiger partial charge in [-0.1, -0.05) is 6.92 Å². The molecule has 0 radical (unpaired) electrons. The molecule has 0 saturated heterocycles. The fourth-order valence-electron chi connectivity index (χ4n) is 3.05. The molecule has 1 spiro atoms. The van der Waals surface area contributed by atoms with Gasteiger partial charge < -0.3 is 15.7 Å². The zero-order chi connectivity index (χ0) is 14.3. The van der Waals surface area contributed by atoms with Crippen LogP contribution in [-0.2, 0) is 4.79 Å². The van der Waals surface area contributed by atoms with Crippen molar-refractivity contribution in [2.75, 3.05) is 10.6 Å². The van der Waals surface area contributed by atoms with Crippen molar-refractivity contribution in [3.63, 3.8) is 0 Å². The molecule has 0 unspecified atom stereocenters. The first-order valence-electron chi connectivity index (χ1n) is 6.97. The van der Waals surface area contributed by atoms with Crippen LogP contribution in [0, 0.1) is 5.92 Å². The number of rotatable bonds is 1. The van der Waals surface area contributed by atoms with Crippen molar-refractivity contribution in [1.29, 1.82) is 0 Å². The minimum atomic E-state index is -0.960. The Bertz CT molecular complexity index is 574. The normalized spacial score (nSPS) is 28.4. The summed E-state index contributed by atoms with van der Waals surface area (Å²) >= 11 is 0. The molecule has 1 aliphatic heterocycles. The molecular formula is C15H18N2O3. The lowest BCUT2D eigenvalue weighted by Crippen LogP contribution is -2.54. The number of carboxylic acid groups (broad SMARTS) is 1. The van der Waals surface area contributed by atoms with Crippen molar-refractivity contribution in [1.82, 2.24) is 0 Å². The fourth-order valence-corrected chi connectivity index (χ4v) is 3.05. The Kier molecular flexibility index (Phi) is 2.92. The maximum atomic E-state index is 12.4. The molecule has 1 heterocycles. The molecule has 1 saturated carbocycles. The summed E-state index contributed by atoms with van der Waals surface area (Å²) < 4.78 is 0. The van der Waals surface area contributed by atoms with Gasteiger partial charge in [0.15, 0.2) is 0 Å². The number of hydrogen-bond acceptors (Lipinski definition) is 3. The quantitative estimate of drug-likeness (QED) is 0.735. The maximum Gasteiger partial charge on any atom is 0.335 e. The summed E-state index contributed by atoms with van der Waals surface area (Å²) in [6.07, 6.45) is 3.59. The van der Waals surface area contributed by atoms with Crippen LogP contribution >= 0.6 is 0 Å². The van der Waals surface area contributed by atoms with Crippen LogP contribution in [-0.4, -0.2) is 22.5 Å². The third kappa shape index (κ3) is 2.03. The topological polar surface area (TPSA) is 78.4 Å². The molecule has 3 rings (SSSR count). The smallest absolute Gasteiger partial charge is 0.335 e. The van der Waals surface area contributed by atoms with Gasteiger partial charge in [0.2, 0.25) is 5.91 Å². The molecule has 0 atom stereocenters. The molecule has 1 aliphatic carbocycles. The van der Waals surface area contributed by atoms with E-state index in [2.05, 4.69) is 17.6 Å². The number of benzene rings is 1. The summed E-state index contributed by atoms with van der Waals surface area (Å²) in [6, 6.07) is 4.74. The standard InChI is InChI=1S/C15H18N2O3/c1-9-4-6-15(7-5-9)14(20)16-11-3-2-10(13(18)19)8-12(11)17-15/h2-3,8-9,17H,4-7H2,1H3,(H,16,20)(H,18,19). The number of fused-ring (bicyclic) bond motifs is 1. The molecule has 0 bridgehead atoms. The number of carboxylic acids is 1. The van der Waals surface area contributed by atoms with Gasteiger partial charge in [-0.3, -0.25) is 4.79 Å².